The number of nitrogens with two attached hydrogens (primary N) is 1. The van der Waals surface area contributed by atoms with Crippen LogP contribution in [0.15, 0.2) is 29.2 Å². The van der Waals surface area contributed by atoms with E-state index in [1.807, 2.05) is 20.8 Å². The maximum Gasteiger partial charge on any atom is 0.408 e. The fourth-order valence-corrected chi connectivity index (χ4v) is 5.21. The fraction of sp³-hybridized carbons (Fsp3) is 0.682. The Morgan fingerprint density at radius 1 is 1.03 bits per heavy atom. The average molecular weight is 459 g/mol. The minimum atomic E-state index is -3.89. The Balaban J connectivity index is 3.11. The monoisotopic (exact) mass is 458 g/mol. The van der Waals surface area contributed by atoms with E-state index in [0.717, 1.165) is 29.7 Å². The third-order valence-electron chi connectivity index (χ3n) is 5.02. The zero-order valence-corrected chi connectivity index (χ0v) is 19.8. The lowest BCUT2D eigenvalue weighted by molar-refractivity contribution is -0.141. The van der Waals surface area contributed by atoms with Crippen molar-refractivity contribution in [3.05, 3.63) is 29.8 Å². The van der Waals surface area contributed by atoms with Crippen molar-refractivity contribution in [2.75, 3.05) is 26.3 Å². The van der Waals surface area contributed by atoms with Crippen molar-refractivity contribution in [1.29, 1.82) is 0 Å². The molecule has 3 N–H and O–H groups in total. The summed E-state index contributed by atoms with van der Waals surface area (Å²) in [4.78, 5) is 13.2. The number of ether oxygens (including phenoxy) is 2. The van der Waals surface area contributed by atoms with Gasteiger partial charge in [0.25, 0.3) is 0 Å². The zero-order valence-electron chi connectivity index (χ0n) is 19.0. The van der Waals surface area contributed by atoms with Crippen LogP contribution < -0.4 is 5.73 Å². The summed E-state index contributed by atoms with van der Waals surface area (Å²) in [5.74, 6) is 0. The molecular formula is C22H38N2O6S. The summed E-state index contributed by atoms with van der Waals surface area (Å²) in [6.45, 7) is 6.95. The second kappa shape index (κ2) is 14.4. The highest BCUT2D eigenvalue weighted by Crippen LogP contribution is 2.25. The maximum atomic E-state index is 13.4. The zero-order chi connectivity index (χ0) is 23.3. The number of carboxylic acid groups (broad SMARTS) is 1. The summed E-state index contributed by atoms with van der Waals surface area (Å²) in [6, 6.07) is 6.51. The third-order valence-corrected chi connectivity index (χ3v) is 7.15. The van der Waals surface area contributed by atoms with Gasteiger partial charge in [0.2, 0.25) is 0 Å². The Kier molecular flexibility index (Phi) is 12.7. The molecule has 1 unspecified atom stereocenters. The second-order valence-corrected chi connectivity index (χ2v) is 9.51. The molecule has 9 heteroatoms. The molecule has 0 aromatic heterocycles. The van der Waals surface area contributed by atoms with Crippen molar-refractivity contribution in [2.45, 2.75) is 75.9 Å². The minimum absolute atomic E-state index is 0.00143. The first-order valence-electron chi connectivity index (χ1n) is 11.0. The van der Waals surface area contributed by atoms with Crippen LogP contribution in [-0.4, -0.2) is 62.5 Å². The number of benzene rings is 1. The highest BCUT2D eigenvalue weighted by Gasteiger charge is 2.35. The number of carbonyl (C=O) groups is 1. The largest absolute Gasteiger partial charge is 0.465 e. The van der Waals surface area contributed by atoms with Crippen LogP contribution in [0.3, 0.4) is 0 Å². The lowest BCUT2D eigenvalue weighted by Gasteiger charge is -2.30. The van der Waals surface area contributed by atoms with Gasteiger partial charge in [0.15, 0.2) is 16.1 Å². The number of nitrogens with zero attached hydrogens (tertiary/aromatic N) is 1. The highest BCUT2D eigenvalue weighted by atomic mass is 32.2. The molecule has 0 heterocycles. The maximum absolute atomic E-state index is 13.4. The van der Waals surface area contributed by atoms with Gasteiger partial charge in [0.05, 0.1) is 4.90 Å². The van der Waals surface area contributed by atoms with E-state index in [2.05, 4.69) is 0 Å². The van der Waals surface area contributed by atoms with Crippen LogP contribution in [-0.2, 0) is 19.3 Å². The first-order valence-corrected chi connectivity index (χ1v) is 12.6. The van der Waals surface area contributed by atoms with Gasteiger partial charge in [-0.1, -0.05) is 37.0 Å². The number of amides is 1. The van der Waals surface area contributed by atoms with Crippen molar-refractivity contribution in [3.8, 4) is 0 Å². The van der Waals surface area contributed by atoms with Crippen molar-refractivity contribution in [3.63, 3.8) is 0 Å². The van der Waals surface area contributed by atoms with Crippen molar-refractivity contribution >= 4 is 15.9 Å². The van der Waals surface area contributed by atoms with Gasteiger partial charge in [-0.3, -0.25) is 4.90 Å². The van der Waals surface area contributed by atoms with E-state index in [0.29, 0.717) is 26.2 Å². The summed E-state index contributed by atoms with van der Waals surface area (Å²) in [7, 11) is -3.89. The quantitative estimate of drug-likeness (QED) is 0.286. The first-order chi connectivity index (χ1) is 14.8. The molecule has 0 saturated heterocycles. The van der Waals surface area contributed by atoms with Gasteiger partial charge in [0.1, 0.15) is 5.37 Å². The summed E-state index contributed by atoms with van der Waals surface area (Å²) in [5.41, 5.74) is 6.46. The minimum Gasteiger partial charge on any atom is -0.465 e. The normalized spacial score (nSPS) is 12.8. The lowest BCUT2D eigenvalue weighted by atomic mass is 10.1. The van der Waals surface area contributed by atoms with Crippen molar-refractivity contribution in [1.82, 2.24) is 4.90 Å². The number of unbranched alkanes of at least 4 members (excludes halogenated alkanes) is 3. The van der Waals surface area contributed by atoms with Gasteiger partial charge in [0, 0.05) is 26.2 Å². The predicted molar refractivity (Wildman–Crippen MR) is 121 cm³/mol. The molecule has 1 aromatic rings. The molecule has 0 aliphatic heterocycles. The summed E-state index contributed by atoms with van der Waals surface area (Å²) >= 11 is 0. The van der Waals surface area contributed by atoms with Gasteiger partial charge >= 0.3 is 6.09 Å². The predicted octanol–water partition coefficient (Wildman–Crippen LogP) is 3.77. The molecule has 0 saturated carbocycles. The highest BCUT2D eigenvalue weighted by molar-refractivity contribution is 7.92. The van der Waals surface area contributed by atoms with Crippen LogP contribution in [0.4, 0.5) is 4.79 Å². The molecule has 0 aliphatic carbocycles. The Hall–Kier alpha value is -1.68. The molecule has 0 spiro atoms. The van der Waals surface area contributed by atoms with E-state index >= 15 is 0 Å². The topological polar surface area (TPSA) is 119 Å². The van der Waals surface area contributed by atoms with Crippen LogP contribution in [0, 0.1) is 6.92 Å². The van der Waals surface area contributed by atoms with Gasteiger partial charge < -0.3 is 20.3 Å². The number of rotatable bonds is 16. The Morgan fingerprint density at radius 3 is 2.13 bits per heavy atom. The molecule has 178 valence electrons. The number of hydrogen-bond donors (Lipinski definition) is 2. The van der Waals surface area contributed by atoms with Crippen LogP contribution in [0.25, 0.3) is 0 Å². The lowest BCUT2D eigenvalue weighted by Crippen LogP contribution is -2.46. The number of sulfone groups is 1. The molecule has 0 aliphatic rings. The molecule has 8 nitrogen and oxygen atoms in total. The van der Waals surface area contributed by atoms with Crippen LogP contribution in [0.1, 0.15) is 57.9 Å². The van der Waals surface area contributed by atoms with Crippen LogP contribution >= 0.6 is 0 Å². The van der Waals surface area contributed by atoms with Crippen LogP contribution in [0.2, 0.25) is 0 Å². The molecule has 1 rings (SSSR count). The Bertz CT molecular complexity index is 733. The van der Waals surface area contributed by atoms with Gasteiger partial charge in [-0.2, -0.15) is 0 Å². The van der Waals surface area contributed by atoms with E-state index in [1.54, 1.807) is 12.1 Å². The third kappa shape index (κ3) is 9.14. The first kappa shape index (κ1) is 27.4. The molecule has 1 atom stereocenters. The van der Waals surface area contributed by atoms with Crippen molar-refractivity contribution < 1.29 is 27.8 Å². The van der Waals surface area contributed by atoms with Gasteiger partial charge in [-0.15, -0.1) is 0 Å². The smallest absolute Gasteiger partial charge is 0.408 e. The van der Waals surface area contributed by atoms with E-state index in [1.165, 1.54) is 12.1 Å². The van der Waals surface area contributed by atoms with E-state index in [9.17, 15) is 18.3 Å². The summed E-state index contributed by atoms with van der Waals surface area (Å²) in [6.07, 6.45) is 1.77. The Morgan fingerprint density at radius 2 is 1.61 bits per heavy atom. The summed E-state index contributed by atoms with van der Waals surface area (Å²) in [5, 5.41) is 8.70. The van der Waals surface area contributed by atoms with Gasteiger partial charge in [-0.05, 0) is 52.3 Å². The average Bonchev–Trinajstić information content (AvgIpc) is 2.72. The molecular weight excluding hydrogens is 420 g/mol. The molecule has 1 amide bonds. The molecule has 0 fully saturated rings. The van der Waals surface area contributed by atoms with Crippen LogP contribution in [0.5, 0.6) is 0 Å². The van der Waals surface area contributed by atoms with E-state index < -0.39 is 27.6 Å². The fourth-order valence-electron chi connectivity index (χ4n) is 3.37. The van der Waals surface area contributed by atoms with Crippen molar-refractivity contribution in [2.24, 2.45) is 5.73 Å². The van der Waals surface area contributed by atoms with Gasteiger partial charge in [-0.25, -0.2) is 13.2 Å². The van der Waals surface area contributed by atoms with E-state index in [4.69, 9.17) is 15.2 Å². The Labute approximate surface area is 186 Å². The second-order valence-electron chi connectivity index (χ2n) is 7.41. The number of hydrogen-bond acceptors (Lipinski definition) is 6. The molecule has 31 heavy (non-hydrogen) atoms. The molecule has 1 aromatic carbocycles. The number of aryl methyl sites for hydroxylation is 1. The van der Waals surface area contributed by atoms with E-state index in [-0.39, 0.29) is 24.3 Å². The molecule has 0 bridgehead atoms. The summed E-state index contributed by atoms with van der Waals surface area (Å²) < 4.78 is 37.8. The SMILES string of the molecule is CCOC(CCN(C(=O)O)C(CCCCCCN)S(=O)(=O)c1ccc(C)cc1)OCC. The standard InChI is InChI=1S/C22H38N2O6S/c1-4-29-21(30-5-2)15-17-24(22(25)26)20(10-8-6-7-9-16-23)31(27,28)19-13-11-18(3)12-14-19/h11-14,20-21H,4-10,15-17,23H2,1-3H3,(H,25,26). The molecule has 0 radical (unpaired) electrons.